The zero-order valence-electron chi connectivity index (χ0n) is 10.2. The molecule has 0 spiro atoms. The van der Waals surface area contributed by atoms with Crippen LogP contribution in [0.1, 0.15) is 18.0 Å². The lowest BCUT2D eigenvalue weighted by molar-refractivity contribution is -0.116. The van der Waals surface area contributed by atoms with Gasteiger partial charge in [0.15, 0.2) is 5.89 Å². The van der Waals surface area contributed by atoms with Gasteiger partial charge in [-0.2, -0.15) is 0 Å². The van der Waals surface area contributed by atoms with Crippen LogP contribution in [-0.2, 0) is 11.2 Å². The summed E-state index contributed by atoms with van der Waals surface area (Å²) in [6.45, 7) is 1.74. The first-order valence-corrected chi connectivity index (χ1v) is 6.08. The summed E-state index contributed by atoms with van der Waals surface area (Å²) in [4.78, 5) is 15.8. The number of halogens is 2. The Morgan fingerprint density at radius 3 is 2.95 bits per heavy atom. The van der Waals surface area contributed by atoms with Crippen molar-refractivity contribution in [2.45, 2.75) is 19.8 Å². The highest BCUT2D eigenvalue weighted by atomic mass is 35.5. The van der Waals surface area contributed by atoms with Crippen molar-refractivity contribution in [2.24, 2.45) is 0 Å². The highest BCUT2D eigenvalue weighted by Gasteiger charge is 2.07. The molecule has 6 heteroatoms. The Hall–Kier alpha value is -1.88. The number of nitrogens with zero attached hydrogens (tertiary/aromatic N) is 1. The van der Waals surface area contributed by atoms with E-state index >= 15 is 0 Å². The average molecular weight is 283 g/mol. The van der Waals surface area contributed by atoms with Crippen molar-refractivity contribution in [3.05, 3.63) is 46.9 Å². The molecule has 0 aliphatic heterocycles. The maximum absolute atomic E-state index is 12.9. The second-order valence-electron chi connectivity index (χ2n) is 4.03. The number of oxazole rings is 1. The van der Waals surface area contributed by atoms with Crippen LogP contribution in [0.5, 0.6) is 0 Å². The number of amides is 1. The molecule has 0 fully saturated rings. The number of aromatic nitrogens is 1. The topological polar surface area (TPSA) is 55.1 Å². The molecule has 2 rings (SSSR count). The lowest BCUT2D eigenvalue weighted by Crippen LogP contribution is -2.12. The van der Waals surface area contributed by atoms with Crippen LogP contribution in [-0.4, -0.2) is 10.9 Å². The molecule has 0 saturated carbocycles. The van der Waals surface area contributed by atoms with Crippen molar-refractivity contribution in [1.29, 1.82) is 0 Å². The van der Waals surface area contributed by atoms with Gasteiger partial charge in [0, 0.05) is 25.5 Å². The predicted octanol–water partition coefficient (Wildman–Crippen LogP) is 3.35. The standard InChI is InChI=1S/C13H12ClFN2O2/c1-8-16-10(7-19-8)3-5-13(18)17-9-2-4-12(15)11(14)6-9/h2,4,6-7H,3,5H2,1H3,(H,17,18). The van der Waals surface area contributed by atoms with Gasteiger partial charge in [0.25, 0.3) is 0 Å². The van der Waals surface area contributed by atoms with Gasteiger partial charge in [-0.15, -0.1) is 0 Å². The van der Waals surface area contributed by atoms with Gasteiger partial charge in [-0.25, -0.2) is 9.37 Å². The molecule has 1 heterocycles. The number of hydrogen-bond donors (Lipinski definition) is 1. The third-order valence-electron chi connectivity index (χ3n) is 2.48. The minimum absolute atomic E-state index is 0.0232. The average Bonchev–Trinajstić information content (AvgIpc) is 2.77. The van der Waals surface area contributed by atoms with Gasteiger partial charge in [-0.3, -0.25) is 4.79 Å². The first kappa shape index (κ1) is 13.5. The third-order valence-corrected chi connectivity index (χ3v) is 2.77. The van der Waals surface area contributed by atoms with Crippen LogP contribution in [0, 0.1) is 12.7 Å². The fraction of sp³-hybridized carbons (Fsp3) is 0.231. The van der Waals surface area contributed by atoms with E-state index in [1.54, 1.807) is 6.92 Å². The summed E-state index contributed by atoms with van der Waals surface area (Å²) < 4.78 is 18.0. The van der Waals surface area contributed by atoms with Crippen LogP contribution >= 0.6 is 11.6 Å². The number of carbonyl (C=O) groups is 1. The molecule has 1 amide bonds. The van der Waals surface area contributed by atoms with Crippen LogP contribution in [0.4, 0.5) is 10.1 Å². The molecule has 100 valence electrons. The molecule has 1 aromatic carbocycles. The van der Waals surface area contributed by atoms with Crippen LogP contribution in [0.15, 0.2) is 28.9 Å². The summed E-state index contributed by atoms with van der Waals surface area (Å²) in [7, 11) is 0. The largest absolute Gasteiger partial charge is 0.449 e. The summed E-state index contributed by atoms with van der Waals surface area (Å²) in [5.74, 6) is -0.137. The molecule has 19 heavy (non-hydrogen) atoms. The van der Waals surface area contributed by atoms with Gasteiger partial charge in [0.1, 0.15) is 12.1 Å². The van der Waals surface area contributed by atoms with Crippen LogP contribution in [0.3, 0.4) is 0 Å². The Balaban J connectivity index is 1.88. The monoisotopic (exact) mass is 282 g/mol. The normalized spacial score (nSPS) is 10.5. The second-order valence-corrected chi connectivity index (χ2v) is 4.44. The van der Waals surface area contributed by atoms with E-state index in [1.165, 1.54) is 24.5 Å². The molecular formula is C13H12ClFN2O2. The zero-order chi connectivity index (χ0) is 13.8. The molecular weight excluding hydrogens is 271 g/mol. The Bertz CT molecular complexity index is 598. The molecule has 0 aliphatic rings. The highest BCUT2D eigenvalue weighted by Crippen LogP contribution is 2.19. The fourth-order valence-corrected chi connectivity index (χ4v) is 1.74. The number of benzene rings is 1. The molecule has 1 N–H and O–H groups in total. The van der Waals surface area contributed by atoms with E-state index in [0.717, 1.165) is 5.69 Å². The molecule has 0 atom stereocenters. The van der Waals surface area contributed by atoms with Crippen molar-refractivity contribution in [2.75, 3.05) is 5.32 Å². The lowest BCUT2D eigenvalue weighted by Gasteiger charge is -2.05. The minimum Gasteiger partial charge on any atom is -0.449 e. The van der Waals surface area contributed by atoms with Crippen molar-refractivity contribution in [1.82, 2.24) is 4.98 Å². The molecule has 0 aliphatic carbocycles. The summed E-state index contributed by atoms with van der Waals surface area (Å²) in [5, 5.41) is 2.62. The van der Waals surface area contributed by atoms with Gasteiger partial charge in [0.05, 0.1) is 10.7 Å². The summed E-state index contributed by atoms with van der Waals surface area (Å²) in [6.07, 6.45) is 2.27. The van der Waals surface area contributed by atoms with E-state index in [0.29, 0.717) is 18.0 Å². The molecule has 1 aromatic heterocycles. The Labute approximate surface area is 114 Å². The summed E-state index contributed by atoms with van der Waals surface area (Å²) in [5.41, 5.74) is 1.19. The maximum Gasteiger partial charge on any atom is 0.224 e. The predicted molar refractivity (Wildman–Crippen MR) is 69.6 cm³/mol. The lowest BCUT2D eigenvalue weighted by atomic mass is 10.2. The van der Waals surface area contributed by atoms with Crippen molar-refractivity contribution in [3.63, 3.8) is 0 Å². The van der Waals surface area contributed by atoms with E-state index in [9.17, 15) is 9.18 Å². The molecule has 2 aromatic rings. The quantitative estimate of drug-likeness (QED) is 0.935. The van der Waals surface area contributed by atoms with Crippen molar-refractivity contribution < 1.29 is 13.6 Å². The summed E-state index contributed by atoms with van der Waals surface area (Å²) >= 11 is 5.62. The van der Waals surface area contributed by atoms with Crippen LogP contribution < -0.4 is 5.32 Å². The van der Waals surface area contributed by atoms with Gasteiger partial charge >= 0.3 is 0 Å². The Morgan fingerprint density at radius 2 is 2.32 bits per heavy atom. The highest BCUT2D eigenvalue weighted by molar-refractivity contribution is 6.31. The number of carbonyl (C=O) groups excluding carboxylic acids is 1. The van der Waals surface area contributed by atoms with E-state index in [2.05, 4.69) is 10.3 Å². The number of rotatable bonds is 4. The number of aryl methyl sites for hydroxylation is 2. The molecule has 0 saturated heterocycles. The second kappa shape index (κ2) is 5.84. The van der Waals surface area contributed by atoms with E-state index in [4.69, 9.17) is 16.0 Å². The van der Waals surface area contributed by atoms with Gasteiger partial charge in [0.2, 0.25) is 5.91 Å². The van der Waals surface area contributed by atoms with Gasteiger partial charge < -0.3 is 9.73 Å². The minimum atomic E-state index is -0.516. The first-order chi connectivity index (χ1) is 9.04. The van der Waals surface area contributed by atoms with Crippen molar-refractivity contribution in [3.8, 4) is 0 Å². The van der Waals surface area contributed by atoms with Crippen LogP contribution in [0.2, 0.25) is 5.02 Å². The van der Waals surface area contributed by atoms with E-state index in [1.807, 2.05) is 0 Å². The van der Waals surface area contributed by atoms with E-state index in [-0.39, 0.29) is 17.4 Å². The zero-order valence-corrected chi connectivity index (χ0v) is 11.0. The number of nitrogens with one attached hydrogen (secondary N) is 1. The van der Waals surface area contributed by atoms with Gasteiger partial charge in [-0.1, -0.05) is 11.6 Å². The number of anilines is 1. The molecule has 0 bridgehead atoms. The number of hydrogen-bond acceptors (Lipinski definition) is 3. The maximum atomic E-state index is 12.9. The van der Waals surface area contributed by atoms with Crippen molar-refractivity contribution >= 4 is 23.2 Å². The van der Waals surface area contributed by atoms with Gasteiger partial charge in [-0.05, 0) is 18.2 Å². The molecule has 4 nitrogen and oxygen atoms in total. The first-order valence-electron chi connectivity index (χ1n) is 5.70. The molecule has 0 radical (unpaired) electrons. The Kier molecular flexibility index (Phi) is 4.16. The Morgan fingerprint density at radius 1 is 1.53 bits per heavy atom. The SMILES string of the molecule is Cc1nc(CCC(=O)Nc2ccc(F)c(Cl)c2)co1. The third kappa shape index (κ3) is 3.79. The fourth-order valence-electron chi connectivity index (χ4n) is 1.56. The smallest absolute Gasteiger partial charge is 0.224 e. The van der Waals surface area contributed by atoms with E-state index < -0.39 is 5.82 Å². The molecule has 0 unspecified atom stereocenters. The summed E-state index contributed by atoms with van der Waals surface area (Å²) in [6, 6.07) is 4.04. The van der Waals surface area contributed by atoms with Crippen LogP contribution in [0.25, 0.3) is 0 Å².